The third-order valence-electron chi connectivity index (χ3n) is 4.31. The SMILES string of the molecule is CC1=C(C)CS(=NC(=O)c2ccc(Cl)cc2)N(C(=O)c2ccc(Cl)cc2)C1. The quantitative estimate of drug-likeness (QED) is 0.615. The third-order valence-corrected chi connectivity index (χ3v) is 6.68. The fourth-order valence-electron chi connectivity index (χ4n) is 2.55. The van der Waals surface area contributed by atoms with Crippen molar-refractivity contribution >= 4 is 45.9 Å². The van der Waals surface area contributed by atoms with Crippen LogP contribution >= 0.6 is 23.2 Å². The first-order valence-electron chi connectivity index (χ1n) is 8.30. The van der Waals surface area contributed by atoms with Gasteiger partial charge in [0.25, 0.3) is 11.8 Å². The van der Waals surface area contributed by atoms with Gasteiger partial charge >= 0.3 is 0 Å². The van der Waals surface area contributed by atoms with Gasteiger partial charge in [-0.05, 0) is 62.4 Å². The lowest BCUT2D eigenvalue weighted by molar-refractivity contribution is 0.0875. The predicted octanol–water partition coefficient (Wildman–Crippen LogP) is 5.34. The van der Waals surface area contributed by atoms with Crippen LogP contribution in [0.1, 0.15) is 34.6 Å². The first-order valence-corrected chi connectivity index (χ1v) is 10.4. The van der Waals surface area contributed by atoms with Gasteiger partial charge in [-0.2, -0.15) is 4.36 Å². The Morgan fingerprint density at radius 2 is 1.41 bits per heavy atom. The van der Waals surface area contributed by atoms with Crippen molar-refractivity contribution < 1.29 is 9.59 Å². The number of carbonyl (C=O) groups is 2. The normalized spacial score (nSPS) is 17.3. The number of carbonyl (C=O) groups excluding carboxylic acids is 2. The van der Waals surface area contributed by atoms with Crippen LogP contribution < -0.4 is 0 Å². The molecule has 7 heteroatoms. The summed E-state index contributed by atoms with van der Waals surface area (Å²) in [7, 11) is -0.870. The Bertz CT molecular complexity index is 951. The second-order valence-electron chi connectivity index (χ2n) is 6.30. The van der Waals surface area contributed by atoms with Gasteiger partial charge in [0.15, 0.2) is 0 Å². The molecule has 0 spiro atoms. The standard InChI is InChI=1S/C20H18Cl2N2O2S/c1-13-11-24(20(26)16-5-9-18(22)10-6-16)27(12-14(13)2)23-19(25)15-3-7-17(21)8-4-15/h3-10H,11-12H2,1-2H3. The molecule has 0 N–H and O–H groups in total. The van der Waals surface area contributed by atoms with Gasteiger partial charge in [0.1, 0.15) is 0 Å². The molecule has 140 valence electrons. The van der Waals surface area contributed by atoms with Crippen LogP contribution in [0, 0.1) is 0 Å². The van der Waals surface area contributed by atoms with Crippen molar-refractivity contribution in [1.29, 1.82) is 0 Å². The zero-order valence-electron chi connectivity index (χ0n) is 14.9. The molecule has 1 atom stereocenters. The molecular weight excluding hydrogens is 403 g/mol. The van der Waals surface area contributed by atoms with E-state index < -0.39 is 10.9 Å². The number of hydrogen-bond donors (Lipinski definition) is 0. The van der Waals surface area contributed by atoms with Gasteiger partial charge < -0.3 is 0 Å². The number of nitrogens with zero attached hydrogens (tertiary/aromatic N) is 2. The molecule has 0 aliphatic carbocycles. The van der Waals surface area contributed by atoms with Gasteiger partial charge in [0, 0.05) is 37.8 Å². The van der Waals surface area contributed by atoms with Gasteiger partial charge in [0.2, 0.25) is 0 Å². The molecule has 0 radical (unpaired) electrons. The van der Waals surface area contributed by atoms with E-state index in [-0.39, 0.29) is 11.8 Å². The summed E-state index contributed by atoms with van der Waals surface area (Å²) in [6.07, 6.45) is 0. The lowest BCUT2D eigenvalue weighted by Crippen LogP contribution is -2.39. The van der Waals surface area contributed by atoms with Crippen molar-refractivity contribution in [2.45, 2.75) is 13.8 Å². The Labute approximate surface area is 171 Å². The minimum atomic E-state index is -0.870. The molecular formula is C20H18Cl2N2O2S. The molecule has 2 amide bonds. The number of rotatable bonds is 2. The number of amides is 2. The van der Waals surface area contributed by atoms with Gasteiger partial charge in [-0.15, -0.1) is 0 Å². The van der Waals surface area contributed by atoms with Gasteiger partial charge in [0.05, 0.1) is 6.54 Å². The van der Waals surface area contributed by atoms with Crippen LogP contribution in [0.4, 0.5) is 0 Å². The minimum absolute atomic E-state index is 0.158. The molecule has 2 aromatic rings. The van der Waals surface area contributed by atoms with Crippen LogP contribution in [0.5, 0.6) is 0 Å². The molecule has 4 nitrogen and oxygen atoms in total. The van der Waals surface area contributed by atoms with Gasteiger partial charge in [-0.1, -0.05) is 34.3 Å². The molecule has 1 heterocycles. The molecule has 1 aliphatic rings. The molecule has 0 saturated carbocycles. The highest BCUT2D eigenvalue weighted by atomic mass is 35.5. The molecule has 27 heavy (non-hydrogen) atoms. The fourth-order valence-corrected chi connectivity index (χ4v) is 4.69. The summed E-state index contributed by atoms with van der Waals surface area (Å²) >= 11 is 11.8. The van der Waals surface area contributed by atoms with Crippen LogP contribution in [0.3, 0.4) is 0 Å². The third kappa shape index (κ3) is 4.67. The van der Waals surface area contributed by atoms with Crippen molar-refractivity contribution in [3.63, 3.8) is 0 Å². The molecule has 0 fully saturated rings. The number of benzene rings is 2. The fraction of sp³-hybridized carbons (Fsp3) is 0.200. The zero-order chi connectivity index (χ0) is 19.6. The van der Waals surface area contributed by atoms with Crippen LogP contribution in [0.2, 0.25) is 10.0 Å². The summed E-state index contributed by atoms with van der Waals surface area (Å²) in [5, 5.41) is 1.12. The van der Waals surface area contributed by atoms with Crippen LogP contribution in [0.15, 0.2) is 64.0 Å². The lowest BCUT2D eigenvalue weighted by Gasteiger charge is -2.30. The van der Waals surface area contributed by atoms with E-state index in [4.69, 9.17) is 23.2 Å². The monoisotopic (exact) mass is 420 g/mol. The largest absolute Gasteiger partial charge is 0.284 e. The van der Waals surface area contributed by atoms with Crippen molar-refractivity contribution in [1.82, 2.24) is 4.31 Å². The molecule has 2 aromatic carbocycles. The van der Waals surface area contributed by atoms with E-state index in [1.807, 2.05) is 13.8 Å². The molecule has 1 aliphatic heterocycles. The van der Waals surface area contributed by atoms with Crippen LogP contribution in [-0.2, 0) is 10.9 Å². The summed E-state index contributed by atoms with van der Waals surface area (Å²) in [5.41, 5.74) is 3.26. The smallest absolute Gasteiger partial charge is 0.269 e. The zero-order valence-corrected chi connectivity index (χ0v) is 17.2. The van der Waals surface area contributed by atoms with E-state index >= 15 is 0 Å². The average Bonchev–Trinajstić information content (AvgIpc) is 2.65. The lowest BCUT2D eigenvalue weighted by atomic mass is 10.1. The average molecular weight is 421 g/mol. The van der Waals surface area contributed by atoms with Crippen LogP contribution in [-0.4, -0.2) is 28.4 Å². The summed E-state index contributed by atoms with van der Waals surface area (Å²) in [4.78, 5) is 25.6. The maximum absolute atomic E-state index is 13.0. The molecule has 0 aromatic heterocycles. The second kappa shape index (κ2) is 8.38. The highest BCUT2D eigenvalue weighted by molar-refractivity contribution is 7.86. The Hall–Kier alpha value is -1.95. The molecule has 1 unspecified atom stereocenters. The van der Waals surface area contributed by atoms with E-state index in [9.17, 15) is 9.59 Å². The van der Waals surface area contributed by atoms with E-state index in [1.165, 1.54) is 0 Å². The second-order valence-corrected chi connectivity index (χ2v) is 8.76. The van der Waals surface area contributed by atoms with E-state index in [2.05, 4.69) is 4.36 Å². The highest BCUT2D eigenvalue weighted by Gasteiger charge is 2.26. The van der Waals surface area contributed by atoms with Crippen molar-refractivity contribution in [2.75, 3.05) is 12.3 Å². The summed E-state index contributed by atoms with van der Waals surface area (Å²) in [6.45, 7) is 4.47. The Balaban J connectivity index is 1.94. The maximum Gasteiger partial charge on any atom is 0.284 e. The highest BCUT2D eigenvalue weighted by Crippen LogP contribution is 2.22. The van der Waals surface area contributed by atoms with Gasteiger partial charge in [-0.25, -0.2) is 0 Å². The first kappa shape index (κ1) is 19.8. The topological polar surface area (TPSA) is 49.7 Å². The predicted molar refractivity (Wildman–Crippen MR) is 111 cm³/mol. The first-order chi connectivity index (χ1) is 12.8. The molecule has 0 saturated heterocycles. The van der Waals surface area contributed by atoms with Crippen LogP contribution in [0.25, 0.3) is 0 Å². The van der Waals surface area contributed by atoms with Crippen molar-refractivity contribution in [2.24, 2.45) is 4.36 Å². The maximum atomic E-state index is 13.0. The van der Waals surface area contributed by atoms with Crippen molar-refractivity contribution in [3.05, 3.63) is 80.8 Å². The number of hydrogen-bond acceptors (Lipinski definition) is 2. The Kier molecular flexibility index (Phi) is 6.15. The minimum Gasteiger partial charge on any atom is -0.269 e. The van der Waals surface area contributed by atoms with E-state index in [0.717, 1.165) is 11.1 Å². The molecule has 3 rings (SSSR count). The van der Waals surface area contributed by atoms with Crippen molar-refractivity contribution in [3.8, 4) is 0 Å². The summed E-state index contributed by atoms with van der Waals surface area (Å²) in [6, 6.07) is 13.3. The Morgan fingerprint density at radius 1 is 0.889 bits per heavy atom. The molecule has 0 bridgehead atoms. The number of halogens is 2. The van der Waals surface area contributed by atoms with E-state index in [0.29, 0.717) is 33.5 Å². The van der Waals surface area contributed by atoms with Gasteiger partial charge in [-0.3, -0.25) is 13.9 Å². The summed E-state index contributed by atoms with van der Waals surface area (Å²) in [5.74, 6) is 0.0515. The van der Waals surface area contributed by atoms with E-state index in [1.54, 1.807) is 52.8 Å². The summed E-state index contributed by atoms with van der Waals surface area (Å²) < 4.78 is 6.02. The Morgan fingerprint density at radius 3 is 1.96 bits per heavy atom.